The van der Waals surface area contributed by atoms with Gasteiger partial charge in [-0.2, -0.15) is 0 Å². The summed E-state index contributed by atoms with van der Waals surface area (Å²) in [5, 5.41) is 0. The zero-order valence-corrected chi connectivity index (χ0v) is 14.2. The maximum atomic E-state index is 4.84. The van der Waals surface area contributed by atoms with E-state index in [1.54, 1.807) is 6.20 Å². The number of hydrogen-bond acceptors (Lipinski definition) is 4. The molecule has 2 heterocycles. The molecule has 0 aliphatic carbocycles. The quantitative estimate of drug-likeness (QED) is 0.665. The van der Waals surface area contributed by atoms with E-state index in [2.05, 4.69) is 17.1 Å². The summed E-state index contributed by atoms with van der Waals surface area (Å²) in [6.45, 7) is 0. The molecule has 0 fully saturated rings. The SMILES string of the molecule is C1=CN(c2ccccn2)C(N=Cc2ccccc2)N=C1c1ccccc1. The molecule has 0 spiro atoms. The van der Waals surface area contributed by atoms with Crippen LogP contribution in [0.4, 0.5) is 5.82 Å². The summed E-state index contributed by atoms with van der Waals surface area (Å²) in [6.07, 6.45) is 7.22. The van der Waals surface area contributed by atoms with E-state index in [-0.39, 0.29) is 0 Å². The van der Waals surface area contributed by atoms with Crippen molar-refractivity contribution in [3.05, 3.63) is 108 Å². The van der Waals surface area contributed by atoms with Crippen LogP contribution in [0.5, 0.6) is 0 Å². The van der Waals surface area contributed by atoms with Gasteiger partial charge in [-0.3, -0.25) is 4.90 Å². The fourth-order valence-corrected chi connectivity index (χ4v) is 2.74. The highest BCUT2D eigenvalue weighted by Crippen LogP contribution is 2.21. The fourth-order valence-electron chi connectivity index (χ4n) is 2.74. The number of benzene rings is 2. The summed E-state index contributed by atoms with van der Waals surface area (Å²) in [4.78, 5) is 16.0. The van der Waals surface area contributed by atoms with Gasteiger partial charge in [0.25, 0.3) is 0 Å². The molecule has 1 unspecified atom stereocenters. The lowest BCUT2D eigenvalue weighted by Gasteiger charge is -2.27. The van der Waals surface area contributed by atoms with Crippen molar-refractivity contribution in [2.24, 2.45) is 9.98 Å². The summed E-state index contributed by atoms with van der Waals surface area (Å²) in [5.41, 5.74) is 3.02. The van der Waals surface area contributed by atoms with Crippen molar-refractivity contribution in [2.45, 2.75) is 6.29 Å². The molecule has 1 aromatic heterocycles. The molecule has 2 aromatic carbocycles. The number of pyridine rings is 1. The Hall–Kier alpha value is -3.53. The summed E-state index contributed by atoms with van der Waals surface area (Å²) < 4.78 is 0. The van der Waals surface area contributed by atoms with Crippen LogP contribution in [0.25, 0.3) is 0 Å². The van der Waals surface area contributed by atoms with E-state index in [1.165, 1.54) is 0 Å². The highest BCUT2D eigenvalue weighted by molar-refractivity contribution is 6.09. The summed E-state index contributed by atoms with van der Waals surface area (Å²) in [7, 11) is 0. The lowest BCUT2D eigenvalue weighted by atomic mass is 10.1. The van der Waals surface area contributed by atoms with E-state index in [9.17, 15) is 0 Å². The van der Waals surface area contributed by atoms with Gasteiger partial charge in [-0.05, 0) is 29.3 Å². The van der Waals surface area contributed by atoms with Crippen LogP contribution in [-0.4, -0.2) is 23.2 Å². The Kier molecular flexibility index (Phi) is 4.65. The predicted octanol–water partition coefficient (Wildman–Crippen LogP) is 4.31. The highest BCUT2D eigenvalue weighted by Gasteiger charge is 2.20. The van der Waals surface area contributed by atoms with Gasteiger partial charge >= 0.3 is 0 Å². The monoisotopic (exact) mass is 338 g/mol. The minimum absolute atomic E-state index is 0.398. The molecule has 4 heteroatoms. The van der Waals surface area contributed by atoms with E-state index < -0.39 is 6.29 Å². The first-order valence-electron chi connectivity index (χ1n) is 8.49. The van der Waals surface area contributed by atoms with Gasteiger partial charge < -0.3 is 0 Å². The molecule has 0 amide bonds. The molecule has 0 saturated carbocycles. The van der Waals surface area contributed by atoms with E-state index >= 15 is 0 Å². The second-order valence-electron chi connectivity index (χ2n) is 5.83. The molecule has 0 saturated heterocycles. The number of nitrogens with zero attached hydrogens (tertiary/aromatic N) is 4. The van der Waals surface area contributed by atoms with Crippen molar-refractivity contribution in [2.75, 3.05) is 4.90 Å². The molecule has 3 aromatic rings. The standard InChI is InChI=1S/C22H18N4/c1-3-9-18(10-4-1)17-24-22-25-20(19-11-5-2-6-12-19)14-16-26(22)21-13-7-8-15-23-21/h1-17,22H. The smallest absolute Gasteiger partial charge is 0.221 e. The second kappa shape index (κ2) is 7.57. The number of allylic oxidation sites excluding steroid dienone is 1. The Balaban J connectivity index is 1.69. The first kappa shape index (κ1) is 16.0. The Morgan fingerprint density at radius 3 is 2.31 bits per heavy atom. The molecule has 4 nitrogen and oxygen atoms in total. The third-order valence-corrected chi connectivity index (χ3v) is 4.04. The Morgan fingerprint density at radius 2 is 1.58 bits per heavy atom. The van der Waals surface area contributed by atoms with Crippen LogP contribution >= 0.6 is 0 Å². The van der Waals surface area contributed by atoms with Crippen LogP contribution in [-0.2, 0) is 0 Å². The summed E-state index contributed by atoms with van der Waals surface area (Å²) in [6, 6.07) is 26.0. The zero-order chi connectivity index (χ0) is 17.6. The van der Waals surface area contributed by atoms with Gasteiger partial charge in [-0.25, -0.2) is 15.0 Å². The summed E-state index contributed by atoms with van der Waals surface area (Å²) in [5.74, 6) is 0.815. The van der Waals surface area contributed by atoms with Crippen LogP contribution in [0, 0.1) is 0 Å². The van der Waals surface area contributed by atoms with Crippen molar-refractivity contribution >= 4 is 17.7 Å². The number of anilines is 1. The molecular formula is C22H18N4. The van der Waals surface area contributed by atoms with E-state index in [4.69, 9.17) is 9.98 Å². The van der Waals surface area contributed by atoms with Gasteiger partial charge in [0.2, 0.25) is 6.29 Å². The second-order valence-corrected chi connectivity index (χ2v) is 5.83. The number of rotatable bonds is 4. The fraction of sp³-hybridized carbons (Fsp3) is 0.0455. The first-order valence-corrected chi connectivity index (χ1v) is 8.49. The molecule has 1 atom stereocenters. The maximum Gasteiger partial charge on any atom is 0.221 e. The average Bonchev–Trinajstić information content (AvgIpc) is 2.74. The van der Waals surface area contributed by atoms with Gasteiger partial charge in [0.05, 0.1) is 5.71 Å². The van der Waals surface area contributed by atoms with Crippen molar-refractivity contribution in [1.29, 1.82) is 0 Å². The van der Waals surface area contributed by atoms with E-state index in [0.29, 0.717) is 0 Å². The molecule has 1 aliphatic heterocycles. The van der Waals surface area contributed by atoms with Gasteiger partial charge in [0.1, 0.15) is 5.82 Å². The Morgan fingerprint density at radius 1 is 0.846 bits per heavy atom. The zero-order valence-electron chi connectivity index (χ0n) is 14.2. The third-order valence-electron chi connectivity index (χ3n) is 4.04. The third kappa shape index (κ3) is 3.59. The molecule has 4 rings (SSSR count). The van der Waals surface area contributed by atoms with Crippen LogP contribution in [0.15, 0.2) is 107 Å². The molecular weight excluding hydrogens is 320 g/mol. The highest BCUT2D eigenvalue weighted by atomic mass is 15.4. The Labute approximate surface area is 152 Å². The molecule has 126 valence electrons. The van der Waals surface area contributed by atoms with Gasteiger partial charge in [0.15, 0.2) is 0 Å². The molecule has 0 N–H and O–H groups in total. The minimum atomic E-state index is -0.398. The normalized spacial score (nSPS) is 16.7. The van der Waals surface area contributed by atoms with Crippen molar-refractivity contribution < 1.29 is 0 Å². The van der Waals surface area contributed by atoms with Crippen LogP contribution < -0.4 is 4.90 Å². The van der Waals surface area contributed by atoms with E-state index in [0.717, 1.165) is 22.7 Å². The van der Waals surface area contributed by atoms with Crippen molar-refractivity contribution in [1.82, 2.24) is 4.98 Å². The average molecular weight is 338 g/mol. The van der Waals surface area contributed by atoms with Crippen LogP contribution in [0.1, 0.15) is 11.1 Å². The van der Waals surface area contributed by atoms with Crippen LogP contribution in [0.3, 0.4) is 0 Å². The molecule has 26 heavy (non-hydrogen) atoms. The first-order chi connectivity index (χ1) is 12.9. The van der Waals surface area contributed by atoms with E-state index in [1.807, 2.05) is 90.1 Å². The summed E-state index contributed by atoms with van der Waals surface area (Å²) >= 11 is 0. The van der Waals surface area contributed by atoms with Gasteiger partial charge in [0, 0.05) is 18.6 Å². The molecule has 0 bridgehead atoms. The van der Waals surface area contributed by atoms with Crippen molar-refractivity contribution in [3.8, 4) is 0 Å². The predicted molar refractivity (Wildman–Crippen MR) is 107 cm³/mol. The lowest BCUT2D eigenvalue weighted by Crippen LogP contribution is -2.32. The number of hydrogen-bond donors (Lipinski definition) is 0. The molecule has 1 aliphatic rings. The topological polar surface area (TPSA) is 40.9 Å². The van der Waals surface area contributed by atoms with Gasteiger partial charge in [-0.15, -0.1) is 0 Å². The largest absolute Gasteiger partial charge is 0.291 e. The minimum Gasteiger partial charge on any atom is -0.291 e. The molecule has 0 radical (unpaired) electrons. The maximum absolute atomic E-state index is 4.84. The van der Waals surface area contributed by atoms with Crippen LogP contribution in [0.2, 0.25) is 0 Å². The van der Waals surface area contributed by atoms with Gasteiger partial charge in [-0.1, -0.05) is 66.7 Å². The van der Waals surface area contributed by atoms with Crippen molar-refractivity contribution in [3.63, 3.8) is 0 Å². The number of aromatic nitrogens is 1. The number of aliphatic imine (C=N–C) groups is 2. The lowest BCUT2D eigenvalue weighted by molar-refractivity contribution is 0.705. The Bertz CT molecular complexity index is 932.